The summed E-state index contributed by atoms with van der Waals surface area (Å²) in [7, 11) is 1.91. The number of fused-ring (bicyclic) bond motifs is 3. The zero-order valence-electron chi connectivity index (χ0n) is 16.3. The molecule has 1 aliphatic heterocycles. The maximum atomic E-state index is 6.58. The lowest BCUT2D eigenvalue weighted by atomic mass is 9.99. The Morgan fingerprint density at radius 2 is 1.86 bits per heavy atom. The second-order valence-electron chi connectivity index (χ2n) is 7.56. The Hall–Kier alpha value is -2.34. The zero-order valence-corrected chi connectivity index (χ0v) is 17.8. The van der Waals surface area contributed by atoms with Gasteiger partial charge in [-0.15, -0.1) is 0 Å². The molecule has 148 valence electrons. The summed E-state index contributed by atoms with van der Waals surface area (Å²) in [4.78, 5) is 2.48. The van der Waals surface area contributed by atoms with Crippen LogP contribution in [-0.2, 0) is 20.1 Å². The van der Waals surface area contributed by atoms with Crippen LogP contribution >= 0.6 is 23.2 Å². The summed E-state index contributed by atoms with van der Waals surface area (Å²) in [6.45, 7) is 4.88. The van der Waals surface area contributed by atoms with Gasteiger partial charge in [0.05, 0.1) is 28.0 Å². The number of halogens is 2. The number of rotatable bonds is 3. The van der Waals surface area contributed by atoms with Crippen LogP contribution in [0.5, 0.6) is 0 Å². The molecule has 1 aliphatic rings. The third kappa shape index (κ3) is 3.14. The lowest BCUT2D eigenvalue weighted by Gasteiger charge is -2.34. The van der Waals surface area contributed by atoms with Crippen molar-refractivity contribution >= 4 is 34.1 Å². The van der Waals surface area contributed by atoms with Crippen LogP contribution in [0, 0.1) is 0 Å². The average molecular weight is 426 g/mol. The van der Waals surface area contributed by atoms with E-state index in [1.807, 2.05) is 25.4 Å². The van der Waals surface area contributed by atoms with Gasteiger partial charge in [0.1, 0.15) is 5.52 Å². The number of benzene rings is 2. The number of hydrogen-bond donors (Lipinski definition) is 0. The number of aryl methyl sites for hydroxylation is 1. The summed E-state index contributed by atoms with van der Waals surface area (Å²) >= 11 is 13.0. The van der Waals surface area contributed by atoms with Crippen molar-refractivity contribution in [2.24, 2.45) is 7.05 Å². The first-order chi connectivity index (χ1) is 14.0. The number of nitrogens with zero attached hydrogens (tertiary/aromatic N) is 5. The molecule has 5 nitrogen and oxygen atoms in total. The topological polar surface area (TPSA) is 38.9 Å². The Bertz CT molecular complexity index is 1200. The molecule has 0 saturated heterocycles. The minimum absolute atomic E-state index is 0.189. The SMILES string of the molecule is CC1c2c3c(-c4ccn(C)n4)cc(Cl)c(Cl)c3nn2CCN1Cc1ccccc1. The first-order valence-electron chi connectivity index (χ1n) is 9.69. The van der Waals surface area contributed by atoms with Gasteiger partial charge in [-0.3, -0.25) is 14.3 Å². The van der Waals surface area contributed by atoms with E-state index in [0.29, 0.717) is 10.0 Å². The largest absolute Gasteiger partial charge is 0.289 e. The van der Waals surface area contributed by atoms with Crippen molar-refractivity contribution in [1.82, 2.24) is 24.5 Å². The molecule has 2 aromatic carbocycles. The predicted octanol–water partition coefficient (Wildman–Crippen LogP) is 5.32. The van der Waals surface area contributed by atoms with E-state index in [0.717, 1.165) is 41.8 Å². The first-order valence-corrected chi connectivity index (χ1v) is 10.4. The van der Waals surface area contributed by atoms with Gasteiger partial charge in [-0.25, -0.2) is 0 Å². The molecule has 0 saturated carbocycles. The van der Waals surface area contributed by atoms with Crippen LogP contribution < -0.4 is 0 Å². The smallest absolute Gasteiger partial charge is 0.113 e. The highest BCUT2D eigenvalue weighted by Crippen LogP contribution is 2.42. The molecule has 2 aromatic heterocycles. The van der Waals surface area contributed by atoms with E-state index < -0.39 is 0 Å². The normalized spacial score (nSPS) is 17.0. The standard InChI is InChI=1S/C22H21Cl2N5/c1-14-22-19-16(18-8-9-27(2)25-18)12-17(23)20(24)21(19)26-29(22)11-10-28(14)13-15-6-4-3-5-7-15/h3-9,12,14H,10-11,13H2,1-2H3. The number of hydrogen-bond acceptors (Lipinski definition) is 3. The summed E-state index contributed by atoms with van der Waals surface area (Å²) in [5.74, 6) is 0. The van der Waals surface area contributed by atoms with E-state index in [4.69, 9.17) is 28.3 Å². The van der Waals surface area contributed by atoms with Crippen molar-refractivity contribution in [2.45, 2.75) is 26.1 Å². The predicted molar refractivity (Wildman–Crippen MR) is 117 cm³/mol. The van der Waals surface area contributed by atoms with Crippen LogP contribution in [0.15, 0.2) is 48.7 Å². The van der Waals surface area contributed by atoms with Gasteiger partial charge in [-0.2, -0.15) is 10.2 Å². The maximum absolute atomic E-state index is 6.58. The van der Waals surface area contributed by atoms with E-state index in [-0.39, 0.29) is 6.04 Å². The Kier molecular flexibility index (Phi) is 4.62. The van der Waals surface area contributed by atoms with Gasteiger partial charge >= 0.3 is 0 Å². The average Bonchev–Trinajstić information content (AvgIpc) is 3.32. The maximum Gasteiger partial charge on any atom is 0.113 e. The summed E-state index contributed by atoms with van der Waals surface area (Å²) < 4.78 is 3.89. The van der Waals surface area contributed by atoms with Gasteiger partial charge in [0.25, 0.3) is 0 Å². The monoisotopic (exact) mass is 425 g/mol. The Balaban J connectivity index is 1.66. The molecule has 0 radical (unpaired) electrons. The van der Waals surface area contributed by atoms with Crippen LogP contribution in [0.1, 0.15) is 24.2 Å². The second kappa shape index (κ2) is 7.17. The van der Waals surface area contributed by atoms with Crippen molar-refractivity contribution in [3.63, 3.8) is 0 Å². The summed E-state index contributed by atoms with van der Waals surface area (Å²) in [6.07, 6.45) is 1.94. The molecule has 0 N–H and O–H groups in total. The third-order valence-electron chi connectivity index (χ3n) is 5.71. The van der Waals surface area contributed by atoms with Gasteiger partial charge in [0.15, 0.2) is 0 Å². The molecule has 1 unspecified atom stereocenters. The zero-order chi connectivity index (χ0) is 20.1. The van der Waals surface area contributed by atoms with Crippen molar-refractivity contribution in [3.8, 4) is 11.3 Å². The van der Waals surface area contributed by atoms with Crippen molar-refractivity contribution in [2.75, 3.05) is 6.54 Å². The van der Waals surface area contributed by atoms with E-state index in [9.17, 15) is 0 Å². The third-order valence-corrected chi connectivity index (χ3v) is 6.49. The molecule has 3 heterocycles. The first kappa shape index (κ1) is 18.7. The number of aromatic nitrogens is 4. The Labute approximate surface area is 179 Å². The molecule has 0 aliphatic carbocycles. The van der Waals surface area contributed by atoms with E-state index in [2.05, 4.69) is 51.9 Å². The van der Waals surface area contributed by atoms with Gasteiger partial charge in [0.2, 0.25) is 0 Å². The molecule has 1 atom stereocenters. The van der Waals surface area contributed by atoms with Crippen LogP contribution in [0.4, 0.5) is 0 Å². The summed E-state index contributed by atoms with van der Waals surface area (Å²) in [6, 6.07) is 14.7. The molecule has 29 heavy (non-hydrogen) atoms. The lowest BCUT2D eigenvalue weighted by molar-refractivity contribution is 0.156. The van der Waals surface area contributed by atoms with Crippen molar-refractivity contribution in [3.05, 3.63) is 70.0 Å². The van der Waals surface area contributed by atoms with Crippen LogP contribution in [0.2, 0.25) is 10.0 Å². The molecule has 0 amide bonds. The van der Waals surface area contributed by atoms with Gasteiger partial charge in [-0.05, 0) is 24.6 Å². The molecule has 0 fully saturated rings. The highest BCUT2D eigenvalue weighted by molar-refractivity contribution is 6.45. The highest BCUT2D eigenvalue weighted by atomic mass is 35.5. The van der Waals surface area contributed by atoms with Crippen LogP contribution in [-0.4, -0.2) is 31.0 Å². The van der Waals surface area contributed by atoms with E-state index in [1.165, 1.54) is 11.3 Å². The fraction of sp³-hybridized carbons (Fsp3) is 0.273. The minimum Gasteiger partial charge on any atom is -0.289 e. The van der Waals surface area contributed by atoms with Crippen molar-refractivity contribution < 1.29 is 0 Å². The van der Waals surface area contributed by atoms with Gasteiger partial charge < -0.3 is 0 Å². The summed E-state index contributed by atoms with van der Waals surface area (Å²) in [5, 5.41) is 11.5. The van der Waals surface area contributed by atoms with Gasteiger partial charge in [0, 0.05) is 43.3 Å². The molecule has 5 rings (SSSR count). The molecular formula is C22H21Cl2N5. The van der Waals surface area contributed by atoms with E-state index in [1.54, 1.807) is 4.68 Å². The fourth-order valence-electron chi connectivity index (χ4n) is 4.25. The van der Waals surface area contributed by atoms with Crippen LogP contribution in [0.3, 0.4) is 0 Å². The molecule has 0 spiro atoms. The second-order valence-corrected chi connectivity index (χ2v) is 8.34. The minimum atomic E-state index is 0.189. The quantitative estimate of drug-likeness (QED) is 0.445. The lowest BCUT2D eigenvalue weighted by Crippen LogP contribution is -2.36. The van der Waals surface area contributed by atoms with E-state index >= 15 is 0 Å². The molecular weight excluding hydrogens is 405 g/mol. The fourth-order valence-corrected chi connectivity index (χ4v) is 4.63. The Morgan fingerprint density at radius 3 is 2.59 bits per heavy atom. The molecule has 4 aromatic rings. The summed E-state index contributed by atoms with van der Waals surface area (Å²) in [5.41, 5.74) is 5.08. The molecule has 7 heteroatoms. The highest BCUT2D eigenvalue weighted by Gasteiger charge is 2.30. The van der Waals surface area contributed by atoms with Crippen molar-refractivity contribution in [1.29, 1.82) is 0 Å². The Morgan fingerprint density at radius 1 is 1.07 bits per heavy atom. The molecule has 0 bridgehead atoms. The van der Waals surface area contributed by atoms with Gasteiger partial charge in [-0.1, -0.05) is 53.5 Å². The van der Waals surface area contributed by atoms with Crippen LogP contribution in [0.25, 0.3) is 22.2 Å².